The van der Waals surface area contributed by atoms with Crippen molar-refractivity contribution in [3.8, 4) is 0 Å². The molecule has 0 saturated heterocycles. The summed E-state index contributed by atoms with van der Waals surface area (Å²) in [5.41, 5.74) is 2.10. The van der Waals surface area contributed by atoms with Crippen LogP contribution in [0.25, 0.3) is 11.0 Å². The molecule has 2 aromatic heterocycles. The molecule has 142 valence electrons. The summed E-state index contributed by atoms with van der Waals surface area (Å²) in [7, 11) is 0. The number of hydrogen-bond donors (Lipinski definition) is 2. The highest BCUT2D eigenvalue weighted by atomic mass is 32.2. The Morgan fingerprint density at radius 2 is 2.15 bits per heavy atom. The molecule has 1 aliphatic rings. The monoisotopic (exact) mass is 376 g/mol. The Morgan fingerprint density at radius 3 is 2.88 bits per heavy atom. The van der Waals surface area contributed by atoms with Crippen LogP contribution in [0.1, 0.15) is 57.6 Å². The first-order valence-corrected chi connectivity index (χ1v) is 10.6. The molecule has 0 radical (unpaired) electrons. The molecule has 0 aromatic carbocycles. The summed E-state index contributed by atoms with van der Waals surface area (Å²) >= 11 is 1.36. The fourth-order valence-corrected chi connectivity index (χ4v) is 4.32. The molecule has 6 nitrogen and oxygen atoms in total. The first-order valence-electron chi connectivity index (χ1n) is 9.60. The van der Waals surface area contributed by atoms with Gasteiger partial charge in [-0.3, -0.25) is 14.2 Å². The van der Waals surface area contributed by atoms with Gasteiger partial charge in [0.25, 0.3) is 5.56 Å². The van der Waals surface area contributed by atoms with E-state index in [-0.39, 0.29) is 11.5 Å². The van der Waals surface area contributed by atoms with Gasteiger partial charge in [-0.25, -0.2) is 4.98 Å². The lowest BCUT2D eigenvalue weighted by Crippen LogP contribution is -2.37. The third kappa shape index (κ3) is 4.50. The molecule has 1 aliphatic carbocycles. The van der Waals surface area contributed by atoms with Crippen molar-refractivity contribution in [1.29, 1.82) is 0 Å². The van der Waals surface area contributed by atoms with Crippen molar-refractivity contribution in [3.63, 3.8) is 0 Å². The van der Waals surface area contributed by atoms with Crippen molar-refractivity contribution in [2.75, 3.05) is 5.75 Å². The smallest absolute Gasteiger partial charge is 0.278 e. The van der Waals surface area contributed by atoms with Crippen LogP contribution in [0.3, 0.4) is 0 Å². The lowest BCUT2D eigenvalue weighted by molar-refractivity contribution is -0.119. The Hall–Kier alpha value is -1.76. The number of amides is 1. The number of aryl methyl sites for hydroxylation is 1. The van der Waals surface area contributed by atoms with Gasteiger partial charge < -0.3 is 10.3 Å². The highest BCUT2D eigenvalue weighted by molar-refractivity contribution is 7.99. The number of fused-ring (bicyclic) bond motifs is 1. The Bertz CT molecular complexity index is 821. The number of H-pyrrole nitrogens is 1. The third-order valence-corrected chi connectivity index (χ3v) is 5.85. The highest BCUT2D eigenvalue weighted by Gasteiger charge is 2.18. The third-order valence-electron chi connectivity index (χ3n) is 4.88. The molecule has 7 heteroatoms. The summed E-state index contributed by atoms with van der Waals surface area (Å²) in [6.45, 7) is 4.64. The maximum atomic E-state index is 12.8. The number of nitrogens with one attached hydrogen (secondary N) is 2. The lowest BCUT2D eigenvalue weighted by atomic mass is 9.95. The number of thioether (sulfide) groups is 1. The van der Waals surface area contributed by atoms with Gasteiger partial charge in [-0.05, 0) is 32.3 Å². The molecule has 1 amide bonds. The van der Waals surface area contributed by atoms with Crippen LogP contribution in [-0.4, -0.2) is 32.2 Å². The van der Waals surface area contributed by atoms with Gasteiger partial charge in [0.05, 0.1) is 11.3 Å². The van der Waals surface area contributed by atoms with E-state index in [0.29, 0.717) is 34.5 Å². The molecule has 0 aliphatic heterocycles. The standard InChI is InChI=1S/C19H28N4O2S/c1-3-4-10-23-18(25)17-15(11-13(2)20-17)22-19(23)26-12-16(24)21-14-8-6-5-7-9-14/h11,14,20H,3-10,12H2,1-2H3,(H,21,24). The first kappa shape index (κ1) is 19.0. The molecule has 0 spiro atoms. The molecule has 26 heavy (non-hydrogen) atoms. The van der Waals surface area contributed by atoms with E-state index in [0.717, 1.165) is 31.4 Å². The first-order chi connectivity index (χ1) is 12.6. The summed E-state index contributed by atoms with van der Waals surface area (Å²) in [6.07, 6.45) is 7.72. The van der Waals surface area contributed by atoms with Gasteiger partial charge in [0.15, 0.2) is 5.16 Å². The van der Waals surface area contributed by atoms with Gasteiger partial charge >= 0.3 is 0 Å². The zero-order chi connectivity index (χ0) is 18.5. The van der Waals surface area contributed by atoms with Crippen molar-refractivity contribution >= 4 is 28.7 Å². The number of carbonyl (C=O) groups excluding carboxylic acids is 1. The molecule has 1 saturated carbocycles. The van der Waals surface area contributed by atoms with E-state index in [1.54, 1.807) is 4.57 Å². The maximum Gasteiger partial charge on any atom is 0.278 e. The molecule has 0 bridgehead atoms. The normalized spacial score (nSPS) is 15.5. The lowest BCUT2D eigenvalue weighted by Gasteiger charge is -2.22. The zero-order valence-corrected chi connectivity index (χ0v) is 16.5. The van der Waals surface area contributed by atoms with E-state index in [4.69, 9.17) is 0 Å². The van der Waals surface area contributed by atoms with Gasteiger partial charge in [-0.15, -0.1) is 0 Å². The van der Waals surface area contributed by atoms with Gasteiger partial charge in [0.2, 0.25) is 5.91 Å². The molecule has 2 heterocycles. The summed E-state index contributed by atoms with van der Waals surface area (Å²) < 4.78 is 1.71. The number of nitrogens with zero attached hydrogens (tertiary/aromatic N) is 2. The Morgan fingerprint density at radius 1 is 1.38 bits per heavy atom. The predicted octanol–water partition coefficient (Wildman–Crippen LogP) is 3.37. The van der Waals surface area contributed by atoms with E-state index < -0.39 is 0 Å². The van der Waals surface area contributed by atoms with E-state index in [1.807, 2.05) is 13.0 Å². The van der Waals surface area contributed by atoms with Crippen LogP contribution in [0.5, 0.6) is 0 Å². The van der Waals surface area contributed by atoms with Crippen molar-refractivity contribution in [2.24, 2.45) is 0 Å². The van der Waals surface area contributed by atoms with Gasteiger partial charge in [0, 0.05) is 18.3 Å². The predicted molar refractivity (Wildman–Crippen MR) is 106 cm³/mol. The van der Waals surface area contributed by atoms with Gasteiger partial charge in [0.1, 0.15) is 5.52 Å². The SMILES string of the molecule is CCCCn1c(SCC(=O)NC2CCCCC2)nc2cc(C)[nH]c2c1=O. The number of rotatable bonds is 7. The molecular weight excluding hydrogens is 348 g/mol. The summed E-state index contributed by atoms with van der Waals surface area (Å²) in [5, 5.41) is 3.76. The van der Waals surface area contributed by atoms with Crippen molar-refractivity contribution in [3.05, 3.63) is 22.1 Å². The summed E-state index contributed by atoms with van der Waals surface area (Å²) in [4.78, 5) is 32.9. The minimum absolute atomic E-state index is 0.0311. The molecule has 0 unspecified atom stereocenters. The van der Waals surface area contributed by atoms with E-state index in [9.17, 15) is 9.59 Å². The van der Waals surface area contributed by atoms with Crippen LogP contribution in [-0.2, 0) is 11.3 Å². The zero-order valence-electron chi connectivity index (χ0n) is 15.6. The Balaban J connectivity index is 1.74. The van der Waals surface area contributed by atoms with Crippen LogP contribution >= 0.6 is 11.8 Å². The van der Waals surface area contributed by atoms with Crippen molar-refractivity contribution < 1.29 is 4.79 Å². The van der Waals surface area contributed by atoms with Crippen LogP contribution in [0.15, 0.2) is 16.0 Å². The van der Waals surface area contributed by atoms with Crippen molar-refractivity contribution in [2.45, 2.75) is 76.5 Å². The van der Waals surface area contributed by atoms with Crippen LogP contribution in [0, 0.1) is 6.92 Å². The average Bonchev–Trinajstić information content (AvgIpc) is 3.01. The largest absolute Gasteiger partial charge is 0.353 e. The fraction of sp³-hybridized carbons (Fsp3) is 0.632. The van der Waals surface area contributed by atoms with Crippen LogP contribution in [0.4, 0.5) is 0 Å². The minimum Gasteiger partial charge on any atom is -0.353 e. The second kappa shape index (κ2) is 8.75. The number of carbonyl (C=O) groups is 1. The second-order valence-corrected chi connectivity index (χ2v) is 8.05. The Kier molecular flexibility index (Phi) is 6.40. The molecule has 0 atom stereocenters. The molecule has 2 N–H and O–H groups in total. The second-order valence-electron chi connectivity index (χ2n) is 7.11. The number of aromatic nitrogens is 3. The number of unbranched alkanes of at least 4 members (excludes halogenated alkanes) is 1. The number of aromatic amines is 1. The molecule has 1 fully saturated rings. The van der Waals surface area contributed by atoms with Crippen molar-refractivity contribution in [1.82, 2.24) is 19.9 Å². The molecule has 3 rings (SSSR count). The van der Waals surface area contributed by atoms with Gasteiger partial charge in [-0.1, -0.05) is 44.4 Å². The Labute approximate surface area is 158 Å². The van der Waals surface area contributed by atoms with Crippen LogP contribution in [0.2, 0.25) is 0 Å². The quantitative estimate of drug-likeness (QED) is 0.573. The van der Waals surface area contributed by atoms with Gasteiger partial charge in [-0.2, -0.15) is 0 Å². The summed E-state index contributed by atoms with van der Waals surface area (Å²) in [5.74, 6) is 0.327. The van der Waals surface area contributed by atoms with E-state index >= 15 is 0 Å². The average molecular weight is 377 g/mol. The summed E-state index contributed by atoms with van der Waals surface area (Å²) in [6, 6.07) is 2.19. The maximum absolute atomic E-state index is 12.8. The molecular formula is C19H28N4O2S. The van der Waals surface area contributed by atoms with Crippen LogP contribution < -0.4 is 10.9 Å². The minimum atomic E-state index is -0.0493. The van der Waals surface area contributed by atoms with E-state index in [2.05, 4.69) is 22.2 Å². The number of hydrogen-bond acceptors (Lipinski definition) is 4. The highest BCUT2D eigenvalue weighted by Crippen LogP contribution is 2.20. The fourth-order valence-electron chi connectivity index (χ4n) is 3.48. The van der Waals surface area contributed by atoms with E-state index in [1.165, 1.54) is 31.0 Å². The topological polar surface area (TPSA) is 79.8 Å². The molecule has 2 aromatic rings.